The molecule has 0 spiro atoms. The molecule has 0 aromatic heterocycles. The summed E-state index contributed by atoms with van der Waals surface area (Å²) in [6.45, 7) is -0.579. The third-order valence-electron chi connectivity index (χ3n) is 3.17. The molecule has 2 aromatic rings. The molecule has 0 saturated carbocycles. The number of esters is 1. The van der Waals surface area contributed by atoms with E-state index in [1.807, 2.05) is 0 Å². The predicted octanol–water partition coefficient (Wildman–Crippen LogP) is 3.39. The number of anilines is 1. The second kappa shape index (κ2) is 8.87. The van der Waals surface area contributed by atoms with Crippen molar-refractivity contribution in [1.82, 2.24) is 0 Å². The van der Waals surface area contributed by atoms with Gasteiger partial charge in [-0.05, 0) is 42.0 Å². The molecular formula is C18H15ClFNO5. The van der Waals surface area contributed by atoms with Gasteiger partial charge in [-0.15, -0.1) is 0 Å². The summed E-state index contributed by atoms with van der Waals surface area (Å²) in [7, 11) is 1.40. The zero-order chi connectivity index (χ0) is 19.1. The van der Waals surface area contributed by atoms with E-state index < -0.39 is 24.3 Å². The van der Waals surface area contributed by atoms with Gasteiger partial charge in [0.25, 0.3) is 5.91 Å². The van der Waals surface area contributed by atoms with Gasteiger partial charge in [0, 0.05) is 11.1 Å². The second-order valence-electron chi connectivity index (χ2n) is 5.04. The zero-order valence-electron chi connectivity index (χ0n) is 13.7. The molecule has 0 aliphatic heterocycles. The van der Waals surface area contributed by atoms with Crippen molar-refractivity contribution >= 4 is 35.2 Å². The third kappa shape index (κ3) is 5.49. The Balaban J connectivity index is 1.87. The number of rotatable bonds is 6. The monoisotopic (exact) mass is 379 g/mol. The number of aromatic hydroxyl groups is 1. The van der Waals surface area contributed by atoms with Crippen LogP contribution < -0.4 is 10.1 Å². The number of methoxy groups -OCH3 is 1. The van der Waals surface area contributed by atoms with E-state index in [2.05, 4.69) is 5.32 Å². The van der Waals surface area contributed by atoms with Gasteiger partial charge in [-0.25, -0.2) is 9.18 Å². The highest BCUT2D eigenvalue weighted by Gasteiger charge is 2.09. The fourth-order valence-electron chi connectivity index (χ4n) is 1.92. The number of carbonyl (C=O) groups is 2. The number of ether oxygens (including phenoxy) is 2. The summed E-state index contributed by atoms with van der Waals surface area (Å²) < 4.78 is 23.3. The van der Waals surface area contributed by atoms with Crippen molar-refractivity contribution in [2.45, 2.75) is 0 Å². The number of hydrogen-bond acceptors (Lipinski definition) is 5. The Morgan fingerprint density at radius 3 is 2.73 bits per heavy atom. The van der Waals surface area contributed by atoms with Gasteiger partial charge in [0.15, 0.2) is 18.1 Å². The first-order valence-corrected chi connectivity index (χ1v) is 7.73. The van der Waals surface area contributed by atoms with Crippen molar-refractivity contribution < 1.29 is 28.6 Å². The van der Waals surface area contributed by atoms with Crippen LogP contribution in [0.1, 0.15) is 5.56 Å². The van der Waals surface area contributed by atoms with Crippen LogP contribution >= 0.6 is 11.6 Å². The largest absolute Gasteiger partial charge is 0.504 e. The quantitative estimate of drug-likeness (QED) is 0.593. The van der Waals surface area contributed by atoms with E-state index in [1.54, 1.807) is 6.07 Å². The van der Waals surface area contributed by atoms with E-state index in [1.165, 1.54) is 37.5 Å². The van der Waals surface area contributed by atoms with Gasteiger partial charge in [0.1, 0.15) is 5.82 Å². The van der Waals surface area contributed by atoms with Crippen LogP contribution in [0.25, 0.3) is 6.08 Å². The van der Waals surface area contributed by atoms with Crippen molar-refractivity contribution in [2.75, 3.05) is 19.0 Å². The normalized spacial score (nSPS) is 10.6. The number of phenolic OH excluding ortho intramolecular Hbond substituents is 1. The lowest BCUT2D eigenvalue weighted by Crippen LogP contribution is -2.20. The van der Waals surface area contributed by atoms with Crippen molar-refractivity contribution in [3.8, 4) is 11.5 Å². The number of carbonyl (C=O) groups excluding carboxylic acids is 2. The Bertz CT molecular complexity index is 853. The SMILES string of the molecule is COc1cc(/C=C/C(=O)OCC(=O)Nc2ccc(Cl)cc2F)ccc1O. The standard InChI is InChI=1S/C18H15ClFNO5/c1-25-16-8-11(2-6-15(16)22)3-7-18(24)26-10-17(23)21-14-5-4-12(19)9-13(14)20/h2-9,22H,10H2,1H3,(H,21,23)/b7-3+. The van der Waals surface area contributed by atoms with Crippen LogP contribution in [0.4, 0.5) is 10.1 Å². The minimum atomic E-state index is -0.760. The van der Waals surface area contributed by atoms with E-state index >= 15 is 0 Å². The average Bonchev–Trinajstić information content (AvgIpc) is 2.61. The molecule has 0 saturated heterocycles. The number of amides is 1. The van der Waals surface area contributed by atoms with Gasteiger partial charge in [0.2, 0.25) is 0 Å². The predicted molar refractivity (Wildman–Crippen MR) is 94.7 cm³/mol. The van der Waals surface area contributed by atoms with Gasteiger partial charge in [-0.1, -0.05) is 17.7 Å². The maximum Gasteiger partial charge on any atom is 0.331 e. The van der Waals surface area contributed by atoms with Crippen LogP contribution in [0.2, 0.25) is 5.02 Å². The third-order valence-corrected chi connectivity index (χ3v) is 3.40. The highest BCUT2D eigenvalue weighted by Crippen LogP contribution is 2.26. The van der Waals surface area contributed by atoms with Gasteiger partial charge < -0.3 is 19.9 Å². The molecule has 136 valence electrons. The van der Waals surface area contributed by atoms with Crippen LogP contribution in [0.15, 0.2) is 42.5 Å². The van der Waals surface area contributed by atoms with E-state index in [0.29, 0.717) is 5.56 Å². The lowest BCUT2D eigenvalue weighted by Gasteiger charge is -2.06. The Labute approximate surface area is 153 Å². The number of phenols is 1. The number of nitrogens with one attached hydrogen (secondary N) is 1. The Morgan fingerprint density at radius 1 is 1.27 bits per heavy atom. The van der Waals surface area contributed by atoms with Gasteiger partial charge >= 0.3 is 5.97 Å². The molecule has 6 nitrogen and oxygen atoms in total. The van der Waals surface area contributed by atoms with Crippen LogP contribution in [0.3, 0.4) is 0 Å². The maximum atomic E-state index is 13.6. The van der Waals surface area contributed by atoms with Crippen molar-refractivity contribution in [1.29, 1.82) is 0 Å². The molecule has 0 bridgehead atoms. The van der Waals surface area contributed by atoms with Crippen molar-refractivity contribution in [3.63, 3.8) is 0 Å². The van der Waals surface area contributed by atoms with Gasteiger partial charge in [-0.2, -0.15) is 0 Å². The first-order valence-electron chi connectivity index (χ1n) is 7.36. The molecule has 0 aliphatic rings. The highest BCUT2D eigenvalue weighted by atomic mass is 35.5. The molecule has 26 heavy (non-hydrogen) atoms. The molecule has 2 rings (SSSR count). The average molecular weight is 380 g/mol. The summed E-state index contributed by atoms with van der Waals surface area (Å²) in [6.07, 6.45) is 2.54. The molecule has 0 radical (unpaired) electrons. The van der Waals surface area contributed by atoms with Crippen LogP contribution in [0.5, 0.6) is 11.5 Å². The molecule has 0 atom stereocenters. The lowest BCUT2D eigenvalue weighted by atomic mass is 10.2. The first kappa shape index (κ1) is 19.3. The lowest BCUT2D eigenvalue weighted by molar-refractivity contribution is -0.142. The molecule has 0 unspecified atom stereocenters. The summed E-state index contributed by atoms with van der Waals surface area (Å²) in [4.78, 5) is 23.3. The summed E-state index contributed by atoms with van der Waals surface area (Å²) in [5.41, 5.74) is 0.520. The Morgan fingerprint density at radius 2 is 2.04 bits per heavy atom. The number of hydrogen-bond donors (Lipinski definition) is 2. The molecule has 2 N–H and O–H groups in total. The van der Waals surface area contributed by atoms with E-state index in [4.69, 9.17) is 21.1 Å². The van der Waals surface area contributed by atoms with Gasteiger partial charge in [0.05, 0.1) is 12.8 Å². The molecule has 1 amide bonds. The smallest absolute Gasteiger partial charge is 0.331 e. The Kier molecular flexibility index (Phi) is 6.57. The molecule has 8 heteroatoms. The summed E-state index contributed by atoms with van der Waals surface area (Å²) in [5, 5.41) is 12.0. The van der Waals surface area contributed by atoms with Crippen LogP contribution in [-0.4, -0.2) is 30.7 Å². The van der Waals surface area contributed by atoms with Crippen LogP contribution in [0, 0.1) is 5.82 Å². The topological polar surface area (TPSA) is 84.9 Å². The van der Waals surface area contributed by atoms with Crippen LogP contribution in [-0.2, 0) is 14.3 Å². The molecule has 0 heterocycles. The molecule has 0 fully saturated rings. The minimum absolute atomic E-state index is 0.0293. The number of halogens is 2. The summed E-state index contributed by atoms with van der Waals surface area (Å²) in [5.74, 6) is -1.93. The molecule has 2 aromatic carbocycles. The fraction of sp³-hybridized carbons (Fsp3) is 0.111. The fourth-order valence-corrected chi connectivity index (χ4v) is 2.08. The first-order chi connectivity index (χ1) is 12.4. The summed E-state index contributed by atoms with van der Waals surface area (Å²) in [6, 6.07) is 8.28. The van der Waals surface area contributed by atoms with E-state index in [9.17, 15) is 19.1 Å². The highest BCUT2D eigenvalue weighted by molar-refractivity contribution is 6.30. The zero-order valence-corrected chi connectivity index (χ0v) is 14.4. The maximum absolute atomic E-state index is 13.6. The summed E-state index contributed by atoms with van der Waals surface area (Å²) >= 11 is 5.62. The van der Waals surface area contributed by atoms with Crippen molar-refractivity contribution in [2.24, 2.45) is 0 Å². The second-order valence-corrected chi connectivity index (χ2v) is 5.48. The molecular weight excluding hydrogens is 365 g/mol. The van der Waals surface area contributed by atoms with E-state index in [0.717, 1.165) is 12.1 Å². The van der Waals surface area contributed by atoms with E-state index in [-0.39, 0.29) is 22.2 Å². The molecule has 0 aliphatic carbocycles. The Hall–Kier alpha value is -3.06. The van der Waals surface area contributed by atoms with Gasteiger partial charge in [-0.3, -0.25) is 4.79 Å². The minimum Gasteiger partial charge on any atom is -0.504 e. The number of benzene rings is 2. The van der Waals surface area contributed by atoms with Crippen molar-refractivity contribution in [3.05, 3.63) is 58.9 Å².